The van der Waals surface area contributed by atoms with Crippen LogP contribution in [0.25, 0.3) is 0 Å². The van der Waals surface area contributed by atoms with Crippen LogP contribution in [0.4, 0.5) is 5.69 Å². The zero-order chi connectivity index (χ0) is 24.4. The van der Waals surface area contributed by atoms with Crippen molar-refractivity contribution in [2.24, 2.45) is 0 Å². The van der Waals surface area contributed by atoms with Crippen LogP contribution in [0.1, 0.15) is 25.8 Å². The van der Waals surface area contributed by atoms with E-state index in [-0.39, 0.29) is 12.5 Å². The highest BCUT2D eigenvalue weighted by molar-refractivity contribution is 7.92. The van der Waals surface area contributed by atoms with E-state index in [1.165, 1.54) is 12.0 Å². The molecule has 8 nitrogen and oxygen atoms in total. The van der Waals surface area contributed by atoms with Gasteiger partial charge in [0.25, 0.3) is 0 Å². The second-order valence-corrected chi connectivity index (χ2v) is 9.52. The molecule has 2 amide bonds. The van der Waals surface area contributed by atoms with Crippen LogP contribution in [0.3, 0.4) is 0 Å². The highest BCUT2D eigenvalue weighted by atomic mass is 32.2. The van der Waals surface area contributed by atoms with Crippen LogP contribution in [-0.2, 0) is 26.0 Å². The summed E-state index contributed by atoms with van der Waals surface area (Å²) in [6.07, 6.45) is 2.00. The molecule has 0 fully saturated rings. The minimum atomic E-state index is -3.77. The Morgan fingerprint density at radius 1 is 1.06 bits per heavy atom. The fourth-order valence-corrected chi connectivity index (χ4v) is 4.41. The number of carbonyl (C=O) groups is 2. The molecule has 0 radical (unpaired) electrons. The molecular weight excluding hydrogens is 442 g/mol. The van der Waals surface area contributed by atoms with Crippen LogP contribution >= 0.6 is 0 Å². The number of likely N-dealkylation sites (N-methyl/N-ethyl adjacent to an activating group) is 1. The number of anilines is 1. The van der Waals surface area contributed by atoms with Gasteiger partial charge >= 0.3 is 0 Å². The van der Waals surface area contributed by atoms with Crippen LogP contribution in [0.5, 0.6) is 5.75 Å². The van der Waals surface area contributed by atoms with Gasteiger partial charge in [-0.15, -0.1) is 0 Å². The SMILES string of the molecule is CCNC(=O)[C@@H](CC)N(CCc1ccccc1)C(=O)CN(c1cccc(OC)c1)S(C)(=O)=O. The van der Waals surface area contributed by atoms with Crippen molar-refractivity contribution in [1.29, 1.82) is 0 Å². The first-order chi connectivity index (χ1) is 15.7. The fourth-order valence-electron chi connectivity index (χ4n) is 3.57. The molecule has 180 valence electrons. The topological polar surface area (TPSA) is 96.0 Å². The average Bonchev–Trinajstić information content (AvgIpc) is 2.80. The van der Waals surface area contributed by atoms with Crippen LogP contribution in [-0.4, -0.2) is 64.2 Å². The van der Waals surface area contributed by atoms with E-state index >= 15 is 0 Å². The molecule has 0 saturated carbocycles. The van der Waals surface area contributed by atoms with Crippen LogP contribution < -0.4 is 14.4 Å². The maximum Gasteiger partial charge on any atom is 0.244 e. The molecule has 9 heteroatoms. The van der Waals surface area contributed by atoms with Gasteiger partial charge in [0, 0.05) is 19.2 Å². The Kier molecular flexibility index (Phi) is 9.72. The number of ether oxygens (including phenoxy) is 1. The van der Waals surface area contributed by atoms with Gasteiger partial charge < -0.3 is 15.0 Å². The Balaban J connectivity index is 2.35. The number of hydrogen-bond donors (Lipinski definition) is 1. The number of hydrogen-bond acceptors (Lipinski definition) is 5. The van der Waals surface area contributed by atoms with Crippen molar-refractivity contribution in [2.75, 3.05) is 37.3 Å². The number of sulfonamides is 1. The molecule has 0 unspecified atom stereocenters. The smallest absolute Gasteiger partial charge is 0.244 e. The van der Waals surface area contributed by atoms with Gasteiger partial charge in [-0.2, -0.15) is 0 Å². The summed E-state index contributed by atoms with van der Waals surface area (Å²) < 4.78 is 31.4. The lowest BCUT2D eigenvalue weighted by Crippen LogP contribution is -2.53. The number of nitrogens with one attached hydrogen (secondary N) is 1. The predicted molar refractivity (Wildman–Crippen MR) is 130 cm³/mol. The largest absolute Gasteiger partial charge is 0.497 e. The first-order valence-corrected chi connectivity index (χ1v) is 12.8. The average molecular weight is 476 g/mol. The van der Waals surface area contributed by atoms with Crippen molar-refractivity contribution in [1.82, 2.24) is 10.2 Å². The molecule has 2 aromatic carbocycles. The normalized spacial score (nSPS) is 12.0. The van der Waals surface area contributed by atoms with Crippen molar-refractivity contribution < 1.29 is 22.7 Å². The van der Waals surface area contributed by atoms with Gasteiger partial charge in [0.05, 0.1) is 19.1 Å². The van der Waals surface area contributed by atoms with Crippen molar-refractivity contribution >= 4 is 27.5 Å². The van der Waals surface area contributed by atoms with Gasteiger partial charge in [0.15, 0.2) is 0 Å². The molecule has 0 spiro atoms. The summed E-state index contributed by atoms with van der Waals surface area (Å²) in [6, 6.07) is 15.5. The molecular formula is C24H33N3O5S. The Morgan fingerprint density at radius 2 is 1.76 bits per heavy atom. The first kappa shape index (κ1) is 26.2. The Labute approximate surface area is 196 Å². The molecule has 0 bridgehead atoms. The third-order valence-electron chi connectivity index (χ3n) is 5.24. The van der Waals surface area contributed by atoms with Crippen molar-refractivity contribution in [3.8, 4) is 5.75 Å². The van der Waals surface area contributed by atoms with E-state index < -0.39 is 28.5 Å². The highest BCUT2D eigenvalue weighted by Crippen LogP contribution is 2.23. The van der Waals surface area contributed by atoms with Crippen molar-refractivity contribution in [2.45, 2.75) is 32.7 Å². The van der Waals surface area contributed by atoms with E-state index in [0.29, 0.717) is 30.8 Å². The number of rotatable bonds is 12. The molecule has 0 aliphatic rings. The van der Waals surface area contributed by atoms with Gasteiger partial charge in [0.2, 0.25) is 21.8 Å². The molecule has 2 aromatic rings. The molecule has 0 aromatic heterocycles. The van der Waals surface area contributed by atoms with E-state index in [4.69, 9.17) is 4.74 Å². The molecule has 0 aliphatic carbocycles. The van der Waals surface area contributed by atoms with Crippen LogP contribution in [0.15, 0.2) is 54.6 Å². The van der Waals surface area contributed by atoms with Crippen molar-refractivity contribution in [3.05, 3.63) is 60.2 Å². The third kappa shape index (κ3) is 7.49. The van der Waals surface area contributed by atoms with E-state index in [0.717, 1.165) is 16.1 Å². The molecule has 33 heavy (non-hydrogen) atoms. The molecule has 1 N–H and O–H groups in total. The molecule has 1 atom stereocenters. The van der Waals surface area contributed by atoms with E-state index in [1.807, 2.05) is 44.2 Å². The number of amides is 2. The van der Waals surface area contributed by atoms with Gasteiger partial charge in [0.1, 0.15) is 18.3 Å². The predicted octanol–water partition coefficient (Wildman–Crippen LogP) is 2.45. The summed E-state index contributed by atoms with van der Waals surface area (Å²) in [6.45, 7) is 3.95. The van der Waals surface area contributed by atoms with Crippen LogP contribution in [0.2, 0.25) is 0 Å². The lowest BCUT2D eigenvalue weighted by Gasteiger charge is -2.32. The second-order valence-electron chi connectivity index (χ2n) is 7.61. The minimum absolute atomic E-state index is 0.256. The van der Waals surface area contributed by atoms with E-state index in [2.05, 4.69) is 5.32 Å². The number of nitrogens with zero attached hydrogens (tertiary/aromatic N) is 2. The molecule has 2 rings (SSSR count). The summed E-state index contributed by atoms with van der Waals surface area (Å²) in [7, 11) is -2.29. The van der Waals surface area contributed by atoms with Gasteiger partial charge in [-0.1, -0.05) is 43.3 Å². The van der Waals surface area contributed by atoms with Crippen LogP contribution in [0, 0.1) is 0 Å². The van der Waals surface area contributed by atoms with Gasteiger partial charge in [-0.3, -0.25) is 13.9 Å². The summed E-state index contributed by atoms with van der Waals surface area (Å²) in [5.74, 6) is -0.228. The van der Waals surface area contributed by atoms with E-state index in [1.54, 1.807) is 24.3 Å². The Morgan fingerprint density at radius 3 is 2.33 bits per heavy atom. The summed E-state index contributed by atoms with van der Waals surface area (Å²) in [5.41, 5.74) is 1.34. The third-order valence-corrected chi connectivity index (χ3v) is 6.38. The maximum absolute atomic E-state index is 13.5. The molecule has 0 heterocycles. The minimum Gasteiger partial charge on any atom is -0.497 e. The second kappa shape index (κ2) is 12.2. The fraction of sp³-hybridized carbons (Fsp3) is 0.417. The quantitative estimate of drug-likeness (QED) is 0.509. The zero-order valence-corrected chi connectivity index (χ0v) is 20.5. The monoisotopic (exact) mass is 475 g/mol. The summed E-state index contributed by atoms with van der Waals surface area (Å²) >= 11 is 0. The first-order valence-electron chi connectivity index (χ1n) is 10.9. The number of carbonyl (C=O) groups excluding carboxylic acids is 2. The summed E-state index contributed by atoms with van der Waals surface area (Å²) in [5, 5.41) is 2.78. The van der Waals surface area contributed by atoms with E-state index in [9.17, 15) is 18.0 Å². The van der Waals surface area contributed by atoms with Crippen molar-refractivity contribution in [3.63, 3.8) is 0 Å². The Bertz CT molecular complexity index is 1030. The standard InChI is InChI=1S/C24H33N3O5S/c1-5-22(24(29)25-6-2)26(16-15-19-11-8-7-9-12-19)23(28)18-27(33(4,30)31)20-13-10-14-21(17-20)32-3/h7-14,17,22H,5-6,15-16,18H2,1-4H3,(H,25,29)/t22-/m1/s1. The molecule has 0 aliphatic heterocycles. The lowest BCUT2D eigenvalue weighted by molar-refractivity contribution is -0.139. The number of methoxy groups -OCH3 is 1. The molecule has 0 saturated heterocycles. The highest BCUT2D eigenvalue weighted by Gasteiger charge is 2.31. The lowest BCUT2D eigenvalue weighted by atomic mass is 10.1. The van der Waals surface area contributed by atoms with Gasteiger partial charge in [-0.05, 0) is 37.5 Å². The zero-order valence-electron chi connectivity index (χ0n) is 19.7. The Hall–Kier alpha value is -3.07. The van der Waals surface area contributed by atoms with Gasteiger partial charge in [-0.25, -0.2) is 8.42 Å². The summed E-state index contributed by atoms with van der Waals surface area (Å²) in [4.78, 5) is 27.7. The maximum atomic E-state index is 13.5. The number of benzene rings is 2.